The SMILES string of the molecule is CCNC(=O)c1cc(S(N)(=O)=O)cc(Br)c1Cl. The van der Waals surface area contributed by atoms with Crippen molar-refractivity contribution in [2.45, 2.75) is 11.8 Å². The quantitative estimate of drug-likeness (QED) is 0.873. The number of sulfonamides is 1. The first kappa shape index (κ1) is 14.4. The maximum Gasteiger partial charge on any atom is 0.252 e. The van der Waals surface area contributed by atoms with Gasteiger partial charge in [-0.15, -0.1) is 0 Å². The molecular formula is C9H10BrClN2O3S. The van der Waals surface area contributed by atoms with Gasteiger partial charge in [0.25, 0.3) is 5.91 Å². The van der Waals surface area contributed by atoms with Gasteiger partial charge >= 0.3 is 0 Å². The van der Waals surface area contributed by atoms with Crippen molar-refractivity contribution < 1.29 is 13.2 Å². The van der Waals surface area contributed by atoms with Crippen LogP contribution >= 0.6 is 27.5 Å². The number of hydrogen-bond donors (Lipinski definition) is 2. The third kappa shape index (κ3) is 3.41. The van der Waals surface area contributed by atoms with Crippen molar-refractivity contribution in [3.05, 3.63) is 27.2 Å². The standard InChI is InChI=1S/C9H10BrClN2O3S/c1-2-13-9(14)6-3-5(17(12,15)16)4-7(10)8(6)11/h3-4H,2H2,1H3,(H,13,14)(H2,12,15,16). The second-order valence-electron chi connectivity index (χ2n) is 3.17. The number of primary sulfonamides is 1. The second kappa shape index (κ2) is 5.34. The molecule has 0 fully saturated rings. The van der Waals surface area contributed by atoms with E-state index in [4.69, 9.17) is 16.7 Å². The molecule has 17 heavy (non-hydrogen) atoms. The highest BCUT2D eigenvalue weighted by atomic mass is 79.9. The summed E-state index contributed by atoms with van der Waals surface area (Å²) in [5, 5.41) is 7.67. The number of nitrogens with one attached hydrogen (secondary N) is 1. The normalized spacial score (nSPS) is 11.3. The smallest absolute Gasteiger partial charge is 0.252 e. The molecule has 0 atom stereocenters. The highest BCUT2D eigenvalue weighted by Crippen LogP contribution is 2.29. The molecule has 94 valence electrons. The highest BCUT2D eigenvalue weighted by molar-refractivity contribution is 9.10. The van der Waals surface area contributed by atoms with Gasteiger partial charge in [0.1, 0.15) is 0 Å². The average Bonchev–Trinajstić information content (AvgIpc) is 2.20. The first-order valence-electron chi connectivity index (χ1n) is 4.57. The summed E-state index contributed by atoms with van der Waals surface area (Å²) in [7, 11) is -3.88. The van der Waals surface area contributed by atoms with E-state index in [0.717, 1.165) is 6.07 Å². The summed E-state index contributed by atoms with van der Waals surface area (Å²) < 4.78 is 22.7. The number of nitrogens with two attached hydrogens (primary N) is 1. The first-order valence-corrected chi connectivity index (χ1v) is 7.29. The molecule has 0 saturated heterocycles. The molecule has 5 nitrogen and oxygen atoms in total. The summed E-state index contributed by atoms with van der Waals surface area (Å²) in [6, 6.07) is 2.40. The Hall–Kier alpha value is -0.630. The summed E-state index contributed by atoms with van der Waals surface area (Å²) in [6.07, 6.45) is 0. The summed E-state index contributed by atoms with van der Waals surface area (Å²) in [5.41, 5.74) is 0.0620. The number of carbonyl (C=O) groups excluding carboxylic acids is 1. The fourth-order valence-corrected chi connectivity index (χ4v) is 2.52. The average molecular weight is 342 g/mol. The monoisotopic (exact) mass is 340 g/mol. The van der Waals surface area contributed by atoms with Crippen molar-refractivity contribution in [2.75, 3.05) is 6.54 Å². The Morgan fingerprint density at radius 3 is 2.59 bits per heavy atom. The topological polar surface area (TPSA) is 89.3 Å². The predicted molar refractivity (Wildman–Crippen MR) is 68.5 cm³/mol. The van der Waals surface area contributed by atoms with Crippen LogP contribution in [0, 0.1) is 0 Å². The lowest BCUT2D eigenvalue weighted by atomic mass is 10.2. The molecule has 1 aromatic carbocycles. The molecule has 0 aliphatic carbocycles. The van der Waals surface area contributed by atoms with Crippen LogP contribution in [-0.4, -0.2) is 20.9 Å². The fourth-order valence-electron chi connectivity index (χ4n) is 1.15. The molecule has 0 spiro atoms. The molecule has 1 aromatic rings. The zero-order chi connectivity index (χ0) is 13.2. The Morgan fingerprint density at radius 2 is 2.12 bits per heavy atom. The number of benzene rings is 1. The van der Waals surface area contributed by atoms with Gasteiger partial charge in [-0.3, -0.25) is 4.79 Å². The molecule has 1 rings (SSSR count). The molecular weight excluding hydrogens is 332 g/mol. The van der Waals surface area contributed by atoms with Crippen LogP contribution in [0.2, 0.25) is 5.02 Å². The molecule has 0 heterocycles. The number of amides is 1. The predicted octanol–water partition coefficient (Wildman–Crippen LogP) is 1.50. The van der Waals surface area contributed by atoms with Crippen LogP contribution in [0.4, 0.5) is 0 Å². The van der Waals surface area contributed by atoms with E-state index in [1.165, 1.54) is 6.07 Å². The molecule has 0 aliphatic heterocycles. The lowest BCUT2D eigenvalue weighted by Crippen LogP contribution is -2.24. The maximum absolute atomic E-state index is 11.6. The number of rotatable bonds is 3. The van der Waals surface area contributed by atoms with Crippen molar-refractivity contribution >= 4 is 43.5 Å². The number of hydrogen-bond acceptors (Lipinski definition) is 3. The summed E-state index contributed by atoms with van der Waals surface area (Å²) in [6.45, 7) is 2.15. The van der Waals surface area contributed by atoms with Gasteiger partial charge in [0.2, 0.25) is 10.0 Å². The molecule has 8 heteroatoms. The lowest BCUT2D eigenvalue weighted by Gasteiger charge is -2.08. The Kier molecular flexibility index (Phi) is 4.54. The number of carbonyl (C=O) groups is 1. The van der Waals surface area contributed by atoms with Gasteiger partial charge in [-0.25, -0.2) is 13.6 Å². The van der Waals surface area contributed by atoms with Crippen molar-refractivity contribution in [3.8, 4) is 0 Å². The third-order valence-corrected chi connectivity index (χ3v) is 4.07. The van der Waals surface area contributed by atoms with Gasteiger partial charge < -0.3 is 5.32 Å². The maximum atomic E-state index is 11.6. The second-order valence-corrected chi connectivity index (χ2v) is 5.96. The Balaban J connectivity index is 3.40. The minimum absolute atomic E-state index is 0.0620. The Bertz CT molecular complexity index is 560. The Morgan fingerprint density at radius 1 is 1.53 bits per heavy atom. The minimum Gasteiger partial charge on any atom is -0.352 e. The largest absolute Gasteiger partial charge is 0.352 e. The summed E-state index contributed by atoms with van der Waals surface area (Å²) in [5.74, 6) is -0.455. The van der Waals surface area contributed by atoms with Crippen molar-refractivity contribution in [1.29, 1.82) is 0 Å². The van der Waals surface area contributed by atoms with E-state index in [1.807, 2.05) is 0 Å². The summed E-state index contributed by atoms with van der Waals surface area (Å²) in [4.78, 5) is 11.5. The molecule has 0 saturated carbocycles. The van der Waals surface area contributed by atoms with E-state index in [-0.39, 0.29) is 15.5 Å². The summed E-state index contributed by atoms with van der Waals surface area (Å²) >= 11 is 8.98. The van der Waals surface area contributed by atoms with Crippen molar-refractivity contribution in [3.63, 3.8) is 0 Å². The molecule has 0 bridgehead atoms. The lowest BCUT2D eigenvalue weighted by molar-refractivity contribution is 0.0955. The van der Waals surface area contributed by atoms with E-state index < -0.39 is 15.9 Å². The van der Waals surface area contributed by atoms with Crippen molar-refractivity contribution in [1.82, 2.24) is 5.32 Å². The van der Waals surface area contributed by atoms with Crippen LogP contribution in [0.15, 0.2) is 21.5 Å². The van der Waals surface area contributed by atoms with E-state index in [9.17, 15) is 13.2 Å². The zero-order valence-corrected chi connectivity index (χ0v) is 12.0. The molecule has 0 aromatic heterocycles. The van der Waals surface area contributed by atoms with E-state index in [2.05, 4.69) is 21.2 Å². The van der Waals surface area contributed by atoms with Gasteiger partial charge in [0, 0.05) is 11.0 Å². The van der Waals surface area contributed by atoms with Crippen LogP contribution in [-0.2, 0) is 10.0 Å². The van der Waals surface area contributed by atoms with Crippen LogP contribution < -0.4 is 10.5 Å². The molecule has 0 radical (unpaired) electrons. The van der Waals surface area contributed by atoms with Gasteiger partial charge in [-0.1, -0.05) is 11.6 Å². The molecule has 0 unspecified atom stereocenters. The van der Waals surface area contributed by atoms with Gasteiger partial charge in [0.15, 0.2) is 0 Å². The van der Waals surface area contributed by atoms with E-state index >= 15 is 0 Å². The number of halogens is 2. The van der Waals surface area contributed by atoms with Crippen LogP contribution in [0.25, 0.3) is 0 Å². The Labute approximate surface area is 113 Å². The first-order chi connectivity index (χ1) is 7.77. The third-order valence-electron chi connectivity index (χ3n) is 1.91. The van der Waals surface area contributed by atoms with Crippen LogP contribution in [0.5, 0.6) is 0 Å². The van der Waals surface area contributed by atoms with E-state index in [1.54, 1.807) is 6.92 Å². The minimum atomic E-state index is -3.88. The van der Waals surface area contributed by atoms with Gasteiger partial charge in [-0.05, 0) is 35.0 Å². The van der Waals surface area contributed by atoms with Gasteiger partial charge in [0.05, 0.1) is 15.5 Å². The highest BCUT2D eigenvalue weighted by Gasteiger charge is 2.18. The van der Waals surface area contributed by atoms with Crippen LogP contribution in [0.3, 0.4) is 0 Å². The van der Waals surface area contributed by atoms with Crippen LogP contribution in [0.1, 0.15) is 17.3 Å². The van der Waals surface area contributed by atoms with E-state index in [0.29, 0.717) is 11.0 Å². The van der Waals surface area contributed by atoms with Crippen molar-refractivity contribution in [2.24, 2.45) is 5.14 Å². The zero-order valence-electron chi connectivity index (χ0n) is 8.83. The molecule has 1 amide bonds. The molecule has 0 aliphatic rings. The van der Waals surface area contributed by atoms with Gasteiger partial charge in [-0.2, -0.15) is 0 Å². The molecule has 3 N–H and O–H groups in total. The fraction of sp³-hybridized carbons (Fsp3) is 0.222.